The van der Waals surface area contributed by atoms with Gasteiger partial charge in [0.05, 0.1) is 11.4 Å². The molecule has 1 unspecified atom stereocenters. The zero-order chi connectivity index (χ0) is 10.7. The van der Waals surface area contributed by atoms with Crippen LogP contribution in [-0.4, -0.2) is 34.3 Å². The molecule has 0 saturated carbocycles. The van der Waals surface area contributed by atoms with Crippen LogP contribution in [0.2, 0.25) is 0 Å². The third-order valence-electron chi connectivity index (χ3n) is 2.76. The fourth-order valence-electron chi connectivity index (χ4n) is 1.68. The topological polar surface area (TPSA) is 62.7 Å². The molecule has 1 aliphatic rings. The van der Waals surface area contributed by atoms with Gasteiger partial charge in [-0.05, 0) is 33.2 Å². The highest BCUT2D eigenvalue weighted by molar-refractivity contribution is 5.24. The maximum atomic E-state index is 4.32. The molecular weight excluding hydrogens is 190 g/mol. The zero-order valence-corrected chi connectivity index (χ0v) is 9.25. The number of nitrogens with zero attached hydrogens (tertiary/aromatic N) is 3. The van der Waals surface area contributed by atoms with E-state index < -0.39 is 0 Å². The van der Waals surface area contributed by atoms with E-state index in [1.165, 1.54) is 12.8 Å². The van der Waals surface area contributed by atoms with Gasteiger partial charge in [-0.15, -0.1) is 5.10 Å². The van der Waals surface area contributed by atoms with Crippen molar-refractivity contribution in [2.24, 2.45) is 0 Å². The van der Waals surface area contributed by atoms with Crippen molar-refractivity contribution in [2.75, 3.05) is 18.4 Å². The fourth-order valence-corrected chi connectivity index (χ4v) is 1.68. The van der Waals surface area contributed by atoms with Gasteiger partial charge in [-0.2, -0.15) is 5.10 Å². The third-order valence-corrected chi connectivity index (χ3v) is 2.76. The van der Waals surface area contributed by atoms with E-state index in [4.69, 9.17) is 0 Å². The Labute approximate surface area is 89.7 Å². The summed E-state index contributed by atoms with van der Waals surface area (Å²) >= 11 is 0. The molecule has 1 fully saturated rings. The summed E-state index contributed by atoms with van der Waals surface area (Å²) < 4.78 is 0. The fraction of sp³-hybridized carbons (Fsp3) is 0.700. The van der Waals surface area contributed by atoms with Gasteiger partial charge in [-0.1, -0.05) is 0 Å². The van der Waals surface area contributed by atoms with E-state index >= 15 is 0 Å². The monoisotopic (exact) mass is 207 g/mol. The molecular formula is C10H17N5. The lowest BCUT2D eigenvalue weighted by molar-refractivity contribution is 0.629. The van der Waals surface area contributed by atoms with Gasteiger partial charge >= 0.3 is 0 Å². The van der Waals surface area contributed by atoms with E-state index in [9.17, 15) is 0 Å². The summed E-state index contributed by atoms with van der Waals surface area (Å²) in [6.45, 7) is 5.86. The zero-order valence-electron chi connectivity index (χ0n) is 9.25. The lowest BCUT2D eigenvalue weighted by atomic mass is 10.2. The maximum Gasteiger partial charge on any atom is 0.243 e. The summed E-state index contributed by atoms with van der Waals surface area (Å²) in [5.41, 5.74) is 1.83. The molecule has 0 aliphatic carbocycles. The molecule has 15 heavy (non-hydrogen) atoms. The van der Waals surface area contributed by atoms with Crippen molar-refractivity contribution in [2.45, 2.75) is 32.7 Å². The average Bonchev–Trinajstić information content (AvgIpc) is 2.73. The van der Waals surface area contributed by atoms with Gasteiger partial charge in [-0.3, -0.25) is 0 Å². The van der Waals surface area contributed by atoms with Crippen molar-refractivity contribution >= 4 is 5.95 Å². The Hall–Kier alpha value is -1.23. The first-order valence-corrected chi connectivity index (χ1v) is 5.41. The normalized spacial score (nSPS) is 20.5. The molecule has 1 aromatic rings. The molecule has 0 spiro atoms. The lowest BCUT2D eigenvalue weighted by Gasteiger charge is -2.11. The maximum absolute atomic E-state index is 4.32. The lowest BCUT2D eigenvalue weighted by Crippen LogP contribution is -2.30. The quantitative estimate of drug-likeness (QED) is 0.762. The highest BCUT2D eigenvalue weighted by atomic mass is 15.2. The molecule has 2 rings (SSSR count). The molecule has 0 radical (unpaired) electrons. The van der Waals surface area contributed by atoms with Crippen molar-refractivity contribution < 1.29 is 0 Å². The smallest absolute Gasteiger partial charge is 0.243 e. The van der Waals surface area contributed by atoms with Crippen molar-refractivity contribution in [3.05, 3.63) is 11.4 Å². The highest BCUT2D eigenvalue weighted by Crippen LogP contribution is 2.06. The van der Waals surface area contributed by atoms with Gasteiger partial charge in [-0.25, -0.2) is 4.98 Å². The van der Waals surface area contributed by atoms with E-state index in [1.807, 2.05) is 13.8 Å². The van der Waals surface area contributed by atoms with Crippen LogP contribution in [0.15, 0.2) is 0 Å². The van der Waals surface area contributed by atoms with Crippen molar-refractivity contribution in [3.8, 4) is 0 Å². The summed E-state index contributed by atoms with van der Waals surface area (Å²) in [6.07, 6.45) is 2.49. The van der Waals surface area contributed by atoms with E-state index in [-0.39, 0.29) is 0 Å². The second kappa shape index (κ2) is 4.53. The number of aromatic nitrogens is 3. The summed E-state index contributed by atoms with van der Waals surface area (Å²) in [5, 5.41) is 14.7. The molecule has 1 aliphatic heterocycles. The van der Waals surface area contributed by atoms with Crippen molar-refractivity contribution in [1.29, 1.82) is 0 Å². The Kier molecular flexibility index (Phi) is 3.11. The number of aryl methyl sites for hydroxylation is 2. The van der Waals surface area contributed by atoms with Crippen LogP contribution in [0.4, 0.5) is 5.95 Å². The van der Waals surface area contributed by atoms with Crippen molar-refractivity contribution in [1.82, 2.24) is 20.5 Å². The van der Waals surface area contributed by atoms with Gasteiger partial charge in [0.25, 0.3) is 0 Å². The predicted octanol–water partition coefficient (Wildman–Crippen LogP) is 0.652. The number of anilines is 1. The Morgan fingerprint density at radius 2 is 2.20 bits per heavy atom. The average molecular weight is 207 g/mol. The first-order valence-electron chi connectivity index (χ1n) is 5.41. The Morgan fingerprint density at radius 1 is 1.33 bits per heavy atom. The summed E-state index contributed by atoms with van der Waals surface area (Å²) in [5.74, 6) is 0.631. The van der Waals surface area contributed by atoms with E-state index in [0.717, 1.165) is 24.5 Å². The second-order valence-corrected chi connectivity index (χ2v) is 3.98. The number of hydrogen-bond acceptors (Lipinski definition) is 5. The Balaban J connectivity index is 1.90. The SMILES string of the molecule is Cc1nnc(NCC2CCCN2)nc1C. The summed E-state index contributed by atoms with van der Waals surface area (Å²) in [7, 11) is 0. The molecule has 2 heterocycles. The minimum atomic E-state index is 0.551. The molecule has 5 nitrogen and oxygen atoms in total. The van der Waals surface area contributed by atoms with Crippen LogP contribution >= 0.6 is 0 Å². The van der Waals surface area contributed by atoms with Crippen LogP contribution in [0.3, 0.4) is 0 Å². The minimum Gasteiger partial charge on any atom is -0.351 e. The van der Waals surface area contributed by atoms with Crippen LogP contribution in [0.5, 0.6) is 0 Å². The molecule has 1 atom stereocenters. The van der Waals surface area contributed by atoms with Crippen LogP contribution < -0.4 is 10.6 Å². The van der Waals surface area contributed by atoms with Gasteiger partial charge in [0.2, 0.25) is 5.95 Å². The van der Waals surface area contributed by atoms with E-state index in [1.54, 1.807) is 0 Å². The Bertz CT molecular complexity index is 333. The molecule has 1 aromatic heterocycles. The van der Waals surface area contributed by atoms with Gasteiger partial charge in [0.15, 0.2) is 0 Å². The predicted molar refractivity (Wildman–Crippen MR) is 58.8 cm³/mol. The number of nitrogens with one attached hydrogen (secondary N) is 2. The largest absolute Gasteiger partial charge is 0.351 e. The van der Waals surface area contributed by atoms with Crippen LogP contribution in [0.25, 0.3) is 0 Å². The highest BCUT2D eigenvalue weighted by Gasteiger charge is 2.13. The molecule has 2 N–H and O–H groups in total. The molecule has 5 heteroatoms. The minimum absolute atomic E-state index is 0.551. The summed E-state index contributed by atoms with van der Waals surface area (Å²) in [6, 6.07) is 0.551. The number of hydrogen-bond donors (Lipinski definition) is 2. The molecule has 82 valence electrons. The van der Waals surface area contributed by atoms with Gasteiger partial charge < -0.3 is 10.6 Å². The van der Waals surface area contributed by atoms with Crippen LogP contribution in [-0.2, 0) is 0 Å². The number of rotatable bonds is 3. The standard InChI is InChI=1S/C10H17N5/c1-7-8(2)14-15-10(13-7)12-6-9-4-3-5-11-9/h9,11H,3-6H2,1-2H3,(H,12,13,15). The first kappa shape index (κ1) is 10.3. The third kappa shape index (κ3) is 2.62. The molecule has 0 bridgehead atoms. The molecule has 0 amide bonds. The summed E-state index contributed by atoms with van der Waals surface area (Å²) in [4.78, 5) is 4.32. The van der Waals surface area contributed by atoms with E-state index in [0.29, 0.717) is 12.0 Å². The van der Waals surface area contributed by atoms with E-state index in [2.05, 4.69) is 25.8 Å². The van der Waals surface area contributed by atoms with Crippen LogP contribution in [0, 0.1) is 13.8 Å². The Morgan fingerprint density at radius 3 is 2.87 bits per heavy atom. The molecule has 1 saturated heterocycles. The van der Waals surface area contributed by atoms with Gasteiger partial charge in [0.1, 0.15) is 0 Å². The van der Waals surface area contributed by atoms with Crippen molar-refractivity contribution in [3.63, 3.8) is 0 Å². The van der Waals surface area contributed by atoms with Gasteiger partial charge in [0, 0.05) is 12.6 Å². The second-order valence-electron chi connectivity index (χ2n) is 3.98. The molecule has 0 aromatic carbocycles. The first-order chi connectivity index (χ1) is 7.25. The van der Waals surface area contributed by atoms with Crippen LogP contribution in [0.1, 0.15) is 24.2 Å².